The third-order valence-electron chi connectivity index (χ3n) is 8.60. The van der Waals surface area contributed by atoms with E-state index in [-0.39, 0.29) is 17.9 Å². The van der Waals surface area contributed by atoms with Gasteiger partial charge in [-0.25, -0.2) is 9.97 Å². The molecule has 0 saturated carbocycles. The number of amides is 1. The zero-order valence-corrected chi connectivity index (χ0v) is 28.8. The van der Waals surface area contributed by atoms with E-state index in [9.17, 15) is 4.79 Å². The van der Waals surface area contributed by atoms with Gasteiger partial charge in [-0.15, -0.1) is 0 Å². The summed E-state index contributed by atoms with van der Waals surface area (Å²) in [5.74, 6) is 3.45. The lowest BCUT2D eigenvalue weighted by Crippen LogP contribution is -2.47. The van der Waals surface area contributed by atoms with Crippen LogP contribution in [0.1, 0.15) is 24.2 Å². The average Bonchev–Trinajstić information content (AvgIpc) is 3.51. The summed E-state index contributed by atoms with van der Waals surface area (Å²) in [5.41, 5.74) is 3.05. The molecule has 248 valence electrons. The van der Waals surface area contributed by atoms with Gasteiger partial charge in [0.1, 0.15) is 35.6 Å². The highest BCUT2D eigenvalue weighted by atomic mass is 28.3. The van der Waals surface area contributed by atoms with Crippen molar-refractivity contribution in [1.82, 2.24) is 19.4 Å². The van der Waals surface area contributed by atoms with Gasteiger partial charge in [-0.3, -0.25) is 9.69 Å². The molecule has 2 aliphatic heterocycles. The number of carbonyl (C=O) groups excluding carboxylic acids is 1. The summed E-state index contributed by atoms with van der Waals surface area (Å²) >= 11 is 0. The summed E-state index contributed by atoms with van der Waals surface area (Å²) in [4.78, 5) is 24.5. The normalized spacial score (nSPS) is 17.4. The number of ether oxygens (including phenoxy) is 4. The summed E-state index contributed by atoms with van der Waals surface area (Å²) in [6.45, 7) is 13.5. The van der Waals surface area contributed by atoms with Gasteiger partial charge < -0.3 is 28.8 Å². The molecule has 10 nitrogen and oxygen atoms in total. The highest BCUT2D eigenvalue weighted by molar-refractivity contribution is 6.76. The van der Waals surface area contributed by atoms with Crippen molar-refractivity contribution in [3.05, 3.63) is 84.4 Å². The van der Waals surface area contributed by atoms with Crippen molar-refractivity contribution in [1.29, 1.82) is 0 Å². The Bertz CT molecular complexity index is 1650. The number of benzene rings is 2. The first-order valence-corrected chi connectivity index (χ1v) is 20.1. The fourth-order valence-electron chi connectivity index (χ4n) is 5.79. The SMILES string of the molecule is CC(C(=O)Nc1cc(Oc2ccc3c(c2)CC(c2nc(-c4ccccc4)cn2COCC[Si](C)(C)C)CO3)ccn1)N1CCOCC1. The highest BCUT2D eigenvalue weighted by Crippen LogP contribution is 2.36. The molecule has 47 heavy (non-hydrogen) atoms. The van der Waals surface area contributed by atoms with Crippen LogP contribution >= 0.6 is 0 Å². The number of aromatic nitrogens is 3. The molecule has 0 bridgehead atoms. The van der Waals surface area contributed by atoms with Crippen LogP contribution in [0.3, 0.4) is 0 Å². The lowest BCUT2D eigenvalue weighted by atomic mass is 9.96. The van der Waals surface area contributed by atoms with Gasteiger partial charge >= 0.3 is 0 Å². The van der Waals surface area contributed by atoms with Crippen molar-refractivity contribution in [2.75, 3.05) is 44.8 Å². The molecule has 1 saturated heterocycles. The fourth-order valence-corrected chi connectivity index (χ4v) is 6.55. The van der Waals surface area contributed by atoms with Crippen LogP contribution < -0.4 is 14.8 Å². The molecular formula is C36H45N5O5Si. The third kappa shape index (κ3) is 8.66. The van der Waals surface area contributed by atoms with Crippen LogP contribution in [0.15, 0.2) is 73.1 Å². The van der Waals surface area contributed by atoms with E-state index in [2.05, 4.69) is 57.7 Å². The minimum Gasteiger partial charge on any atom is -0.493 e. The predicted octanol–water partition coefficient (Wildman–Crippen LogP) is 6.43. The topological polar surface area (TPSA) is 100.0 Å². The number of hydrogen-bond donors (Lipinski definition) is 1. The van der Waals surface area contributed by atoms with E-state index in [1.54, 1.807) is 18.3 Å². The number of morpholine rings is 1. The second kappa shape index (κ2) is 14.8. The molecule has 11 heteroatoms. The Balaban J connectivity index is 1.15. The number of nitrogens with one attached hydrogen (secondary N) is 1. The Hall–Kier alpha value is -4.03. The number of rotatable bonds is 12. The monoisotopic (exact) mass is 655 g/mol. The third-order valence-corrected chi connectivity index (χ3v) is 10.3. The summed E-state index contributed by atoms with van der Waals surface area (Å²) in [7, 11) is -1.19. The molecule has 2 unspecified atom stereocenters. The predicted molar refractivity (Wildman–Crippen MR) is 185 cm³/mol. The zero-order chi connectivity index (χ0) is 32.8. The van der Waals surface area contributed by atoms with Crippen molar-refractivity contribution in [3.8, 4) is 28.5 Å². The first-order chi connectivity index (χ1) is 22.7. The second-order valence-corrected chi connectivity index (χ2v) is 19.1. The molecule has 0 spiro atoms. The molecule has 2 aliphatic rings. The zero-order valence-electron chi connectivity index (χ0n) is 27.8. The number of imidazole rings is 1. The van der Waals surface area contributed by atoms with Crippen LogP contribution in [0.25, 0.3) is 11.3 Å². The van der Waals surface area contributed by atoms with Crippen LogP contribution in [0.2, 0.25) is 25.7 Å². The van der Waals surface area contributed by atoms with Crippen LogP contribution in [0.5, 0.6) is 17.2 Å². The number of anilines is 1. The Labute approximate surface area is 278 Å². The molecule has 6 rings (SSSR count). The van der Waals surface area contributed by atoms with Gasteiger partial charge in [0.2, 0.25) is 5.91 Å². The van der Waals surface area contributed by atoms with Gasteiger partial charge in [-0.1, -0.05) is 50.0 Å². The van der Waals surface area contributed by atoms with E-state index in [0.29, 0.717) is 43.9 Å². The first-order valence-electron chi connectivity index (χ1n) is 16.4. The molecular weight excluding hydrogens is 611 g/mol. The van der Waals surface area contributed by atoms with Gasteiger partial charge in [0.15, 0.2) is 0 Å². The number of carbonyl (C=O) groups is 1. The maximum atomic E-state index is 12.9. The Kier molecular flexibility index (Phi) is 10.4. The molecule has 4 heterocycles. The molecule has 1 N–H and O–H groups in total. The average molecular weight is 656 g/mol. The van der Waals surface area contributed by atoms with Crippen LogP contribution in [0.4, 0.5) is 5.82 Å². The number of nitrogens with zero attached hydrogens (tertiary/aromatic N) is 4. The Morgan fingerprint density at radius 2 is 1.85 bits per heavy atom. The second-order valence-electron chi connectivity index (χ2n) is 13.4. The van der Waals surface area contributed by atoms with E-state index in [1.807, 2.05) is 43.3 Å². The van der Waals surface area contributed by atoms with Crippen LogP contribution in [-0.4, -0.2) is 79.0 Å². The molecule has 2 aromatic carbocycles. The Morgan fingerprint density at radius 1 is 1.06 bits per heavy atom. The minimum absolute atomic E-state index is 0.0481. The first kappa shape index (κ1) is 32.9. The number of hydrogen-bond acceptors (Lipinski definition) is 8. The maximum Gasteiger partial charge on any atom is 0.242 e. The van der Waals surface area contributed by atoms with E-state index in [0.717, 1.165) is 60.6 Å². The quantitative estimate of drug-likeness (QED) is 0.138. The van der Waals surface area contributed by atoms with Crippen molar-refractivity contribution >= 4 is 19.8 Å². The van der Waals surface area contributed by atoms with Crippen molar-refractivity contribution < 1.29 is 23.7 Å². The van der Waals surface area contributed by atoms with E-state index in [1.165, 1.54) is 0 Å². The maximum absolute atomic E-state index is 12.9. The minimum atomic E-state index is -1.19. The summed E-state index contributed by atoms with van der Waals surface area (Å²) in [5, 5.41) is 2.93. The van der Waals surface area contributed by atoms with Crippen molar-refractivity contribution in [2.45, 2.75) is 57.7 Å². The number of fused-ring (bicyclic) bond motifs is 1. The summed E-state index contributed by atoms with van der Waals surface area (Å²) < 4.78 is 26.2. The van der Waals surface area contributed by atoms with Gasteiger partial charge in [0, 0.05) is 51.8 Å². The van der Waals surface area contributed by atoms with E-state index >= 15 is 0 Å². The van der Waals surface area contributed by atoms with Gasteiger partial charge in [0.25, 0.3) is 0 Å². The molecule has 1 amide bonds. The molecule has 0 aliphatic carbocycles. The van der Waals surface area contributed by atoms with Gasteiger partial charge in [-0.2, -0.15) is 0 Å². The van der Waals surface area contributed by atoms with Crippen molar-refractivity contribution in [2.24, 2.45) is 0 Å². The van der Waals surface area contributed by atoms with Crippen LogP contribution in [0, 0.1) is 0 Å². The lowest BCUT2D eigenvalue weighted by Gasteiger charge is -2.31. The molecule has 2 aromatic heterocycles. The van der Waals surface area contributed by atoms with Gasteiger partial charge in [-0.05, 0) is 49.2 Å². The van der Waals surface area contributed by atoms with Crippen molar-refractivity contribution in [3.63, 3.8) is 0 Å². The van der Waals surface area contributed by atoms with Gasteiger partial charge in [0.05, 0.1) is 37.5 Å². The van der Waals surface area contributed by atoms with Crippen LogP contribution in [-0.2, 0) is 27.4 Å². The molecule has 2 atom stereocenters. The van der Waals surface area contributed by atoms with E-state index < -0.39 is 8.07 Å². The highest BCUT2D eigenvalue weighted by Gasteiger charge is 2.27. The molecule has 4 aromatic rings. The Morgan fingerprint density at radius 3 is 2.64 bits per heavy atom. The van der Waals surface area contributed by atoms with E-state index in [4.69, 9.17) is 23.9 Å². The largest absolute Gasteiger partial charge is 0.493 e. The summed E-state index contributed by atoms with van der Waals surface area (Å²) in [6, 6.07) is 20.5. The molecule has 1 fully saturated rings. The number of pyridine rings is 1. The molecule has 0 radical (unpaired) electrons. The summed E-state index contributed by atoms with van der Waals surface area (Å²) in [6.07, 6.45) is 4.48. The standard InChI is InChI=1S/C36H45N5O5Si/c1-26(40-14-16-43-17-15-40)36(42)39-34-22-31(12-13-37-34)46-30-10-11-33-28(21-30)20-29(24-45-33)35-38-32(27-8-6-5-7-9-27)23-41(35)25-44-18-19-47(2,3)4/h5-13,21-23,26,29H,14-20,24-25H2,1-4H3,(H,37,39,42). The smallest absolute Gasteiger partial charge is 0.242 e. The fraction of sp³-hybridized carbons (Fsp3) is 0.417. The lowest BCUT2D eigenvalue weighted by molar-refractivity contribution is -0.122.